The molecule has 0 spiro atoms. The predicted octanol–water partition coefficient (Wildman–Crippen LogP) is 2.25. The lowest BCUT2D eigenvalue weighted by atomic mass is 10.2. The van der Waals surface area contributed by atoms with Gasteiger partial charge in [0.15, 0.2) is 5.96 Å². The van der Waals surface area contributed by atoms with Gasteiger partial charge in [0, 0.05) is 54.0 Å². The molecule has 0 bridgehead atoms. The highest BCUT2D eigenvalue weighted by Crippen LogP contribution is 2.18. The van der Waals surface area contributed by atoms with Crippen molar-refractivity contribution in [2.24, 2.45) is 4.99 Å². The molecule has 130 valence electrons. The Balaban J connectivity index is 2.59. The van der Waals surface area contributed by atoms with E-state index in [0.29, 0.717) is 18.8 Å². The molecule has 23 heavy (non-hydrogen) atoms. The van der Waals surface area contributed by atoms with E-state index in [9.17, 15) is 4.21 Å². The lowest BCUT2D eigenvalue weighted by Crippen LogP contribution is -2.41. The topological polar surface area (TPSA) is 53.9 Å². The molecule has 5 nitrogen and oxygen atoms in total. The van der Waals surface area contributed by atoms with Crippen LogP contribution < -0.4 is 10.1 Å². The van der Waals surface area contributed by atoms with Crippen LogP contribution in [0.1, 0.15) is 26.3 Å². The molecule has 0 aliphatic rings. The van der Waals surface area contributed by atoms with E-state index in [0.717, 1.165) is 17.3 Å². The molecule has 0 heterocycles. The molecule has 1 unspecified atom stereocenters. The number of methoxy groups -OCH3 is 1. The van der Waals surface area contributed by atoms with Crippen LogP contribution in [-0.4, -0.2) is 53.3 Å². The van der Waals surface area contributed by atoms with Gasteiger partial charge in [0.1, 0.15) is 5.75 Å². The molecule has 0 fully saturated rings. The van der Waals surface area contributed by atoms with Crippen molar-refractivity contribution in [3.05, 3.63) is 29.8 Å². The fourth-order valence-electron chi connectivity index (χ4n) is 2.11. The predicted molar refractivity (Wildman–Crippen MR) is 98.6 cm³/mol. The first-order valence-electron chi connectivity index (χ1n) is 7.71. The Labute approximate surface area is 142 Å². The fourth-order valence-corrected chi connectivity index (χ4v) is 3.01. The zero-order valence-electron chi connectivity index (χ0n) is 15.0. The molecule has 0 saturated carbocycles. The molecule has 1 aromatic carbocycles. The minimum absolute atomic E-state index is 0.186. The standard InChI is InChI=1S/C17H29N3O2S/c1-17(2,3)23(21)12-11-19-16(18-4)20(5)13-14-9-7-8-10-15(14)22-6/h7-10H,11-13H2,1-6H3,(H,18,19). The van der Waals surface area contributed by atoms with Crippen LogP contribution in [-0.2, 0) is 17.3 Å². The van der Waals surface area contributed by atoms with Gasteiger partial charge in [-0.15, -0.1) is 0 Å². The summed E-state index contributed by atoms with van der Waals surface area (Å²) in [7, 11) is 4.53. The summed E-state index contributed by atoms with van der Waals surface area (Å²) in [6.45, 7) is 7.29. The number of hydrogen-bond donors (Lipinski definition) is 1. The van der Waals surface area contributed by atoms with Crippen molar-refractivity contribution in [2.45, 2.75) is 32.1 Å². The van der Waals surface area contributed by atoms with Gasteiger partial charge in [-0.2, -0.15) is 0 Å². The second-order valence-electron chi connectivity index (χ2n) is 6.30. The van der Waals surface area contributed by atoms with Crippen molar-refractivity contribution < 1.29 is 8.95 Å². The first-order valence-corrected chi connectivity index (χ1v) is 9.03. The van der Waals surface area contributed by atoms with Crippen LogP contribution in [0.4, 0.5) is 0 Å². The second-order valence-corrected chi connectivity index (χ2v) is 8.63. The van der Waals surface area contributed by atoms with E-state index in [1.165, 1.54) is 0 Å². The number of ether oxygens (including phenoxy) is 1. The summed E-state index contributed by atoms with van der Waals surface area (Å²) >= 11 is 0. The summed E-state index contributed by atoms with van der Waals surface area (Å²) in [4.78, 5) is 6.32. The maximum atomic E-state index is 12.1. The Kier molecular flexibility index (Phi) is 7.55. The van der Waals surface area contributed by atoms with E-state index in [2.05, 4.69) is 10.3 Å². The van der Waals surface area contributed by atoms with Gasteiger partial charge in [0.25, 0.3) is 0 Å². The van der Waals surface area contributed by atoms with E-state index in [1.54, 1.807) is 14.2 Å². The third-order valence-electron chi connectivity index (χ3n) is 3.43. The largest absolute Gasteiger partial charge is 0.496 e. The number of guanidine groups is 1. The molecular weight excluding hydrogens is 310 g/mol. The van der Waals surface area contributed by atoms with Crippen LogP contribution in [0.5, 0.6) is 5.75 Å². The monoisotopic (exact) mass is 339 g/mol. The van der Waals surface area contributed by atoms with Gasteiger partial charge in [0.05, 0.1) is 7.11 Å². The van der Waals surface area contributed by atoms with Crippen molar-refractivity contribution in [3.8, 4) is 5.75 Å². The number of hydrogen-bond acceptors (Lipinski definition) is 3. The average molecular weight is 340 g/mol. The van der Waals surface area contributed by atoms with Crippen molar-refractivity contribution >= 4 is 16.8 Å². The van der Waals surface area contributed by atoms with Crippen molar-refractivity contribution in [3.63, 3.8) is 0 Å². The first kappa shape index (κ1) is 19.5. The van der Waals surface area contributed by atoms with Crippen LogP contribution in [0, 0.1) is 0 Å². The highest BCUT2D eigenvalue weighted by Gasteiger charge is 2.19. The van der Waals surface area contributed by atoms with Gasteiger partial charge in [-0.05, 0) is 26.8 Å². The van der Waals surface area contributed by atoms with Crippen molar-refractivity contribution in [2.75, 3.05) is 33.5 Å². The zero-order valence-corrected chi connectivity index (χ0v) is 15.9. The van der Waals surface area contributed by atoms with E-state index >= 15 is 0 Å². The number of rotatable bonds is 6. The van der Waals surface area contributed by atoms with Gasteiger partial charge >= 0.3 is 0 Å². The van der Waals surface area contributed by atoms with E-state index in [-0.39, 0.29) is 4.75 Å². The number of para-hydroxylation sites is 1. The minimum Gasteiger partial charge on any atom is -0.496 e. The highest BCUT2D eigenvalue weighted by atomic mass is 32.2. The van der Waals surface area contributed by atoms with Crippen LogP contribution in [0.2, 0.25) is 0 Å². The number of benzene rings is 1. The molecule has 1 aromatic rings. The number of nitrogens with zero attached hydrogens (tertiary/aromatic N) is 2. The molecular formula is C17H29N3O2S. The van der Waals surface area contributed by atoms with Gasteiger partial charge in [-0.1, -0.05) is 18.2 Å². The summed E-state index contributed by atoms with van der Waals surface area (Å²) in [5, 5.41) is 3.27. The van der Waals surface area contributed by atoms with Crippen LogP contribution in [0.15, 0.2) is 29.3 Å². The summed E-state index contributed by atoms with van der Waals surface area (Å²) in [6, 6.07) is 7.94. The molecule has 6 heteroatoms. The molecule has 0 saturated heterocycles. The Bertz CT molecular complexity index is 553. The Morgan fingerprint density at radius 2 is 2.00 bits per heavy atom. The smallest absolute Gasteiger partial charge is 0.193 e. The van der Waals surface area contributed by atoms with Crippen LogP contribution in [0.25, 0.3) is 0 Å². The van der Waals surface area contributed by atoms with Gasteiger partial charge in [-0.25, -0.2) is 0 Å². The summed E-state index contributed by atoms with van der Waals surface area (Å²) < 4.78 is 17.3. The summed E-state index contributed by atoms with van der Waals surface area (Å²) in [6.07, 6.45) is 0. The van der Waals surface area contributed by atoms with E-state index in [4.69, 9.17) is 4.74 Å². The van der Waals surface area contributed by atoms with Crippen LogP contribution >= 0.6 is 0 Å². The van der Waals surface area contributed by atoms with Crippen LogP contribution in [0.3, 0.4) is 0 Å². The lowest BCUT2D eigenvalue weighted by molar-refractivity contribution is 0.396. The SMILES string of the molecule is CN=C(NCCS(=O)C(C)(C)C)N(C)Cc1ccccc1OC. The van der Waals surface area contributed by atoms with E-state index < -0.39 is 10.8 Å². The molecule has 1 atom stereocenters. The summed E-state index contributed by atoms with van der Waals surface area (Å²) in [5.74, 6) is 2.25. The van der Waals surface area contributed by atoms with Gasteiger partial charge < -0.3 is 15.0 Å². The molecule has 0 aliphatic carbocycles. The maximum absolute atomic E-state index is 12.1. The Hall–Kier alpha value is -1.56. The highest BCUT2D eigenvalue weighted by molar-refractivity contribution is 7.86. The minimum atomic E-state index is -0.868. The molecule has 1 N–H and O–H groups in total. The number of nitrogens with one attached hydrogen (secondary N) is 1. The van der Waals surface area contributed by atoms with E-state index in [1.807, 2.05) is 57.0 Å². The number of aliphatic imine (C=N–C) groups is 1. The van der Waals surface area contributed by atoms with Crippen molar-refractivity contribution in [1.82, 2.24) is 10.2 Å². The fraction of sp³-hybridized carbons (Fsp3) is 0.588. The lowest BCUT2D eigenvalue weighted by Gasteiger charge is -2.24. The first-order chi connectivity index (χ1) is 10.8. The quantitative estimate of drug-likeness (QED) is 0.638. The Morgan fingerprint density at radius 3 is 2.57 bits per heavy atom. The second kappa shape index (κ2) is 8.91. The zero-order chi connectivity index (χ0) is 17.5. The normalized spacial score (nSPS) is 13.6. The third-order valence-corrected chi connectivity index (χ3v) is 5.37. The molecule has 1 rings (SSSR count). The molecule has 0 aromatic heterocycles. The van der Waals surface area contributed by atoms with Gasteiger partial charge in [-0.3, -0.25) is 9.20 Å². The summed E-state index contributed by atoms with van der Waals surface area (Å²) in [5.41, 5.74) is 1.10. The van der Waals surface area contributed by atoms with Gasteiger partial charge in [0.2, 0.25) is 0 Å². The van der Waals surface area contributed by atoms with Crippen molar-refractivity contribution in [1.29, 1.82) is 0 Å². The molecule has 0 aliphatic heterocycles. The average Bonchev–Trinajstić information content (AvgIpc) is 2.50. The Morgan fingerprint density at radius 1 is 1.35 bits per heavy atom. The molecule has 0 radical (unpaired) electrons. The third kappa shape index (κ3) is 6.22. The maximum Gasteiger partial charge on any atom is 0.193 e. The molecule has 0 amide bonds.